The highest BCUT2D eigenvalue weighted by Gasteiger charge is 2.52. The van der Waals surface area contributed by atoms with E-state index in [9.17, 15) is 9.59 Å². The van der Waals surface area contributed by atoms with Crippen LogP contribution in [0.25, 0.3) is 11.0 Å². The number of hydrogen-bond donors (Lipinski definition) is 1. The van der Waals surface area contributed by atoms with Gasteiger partial charge in [-0.05, 0) is 60.0 Å². The monoisotopic (exact) mass is 409 g/mol. The van der Waals surface area contributed by atoms with Gasteiger partial charge in [0.15, 0.2) is 0 Å². The van der Waals surface area contributed by atoms with Gasteiger partial charge in [-0.3, -0.25) is 14.5 Å². The van der Waals surface area contributed by atoms with Crippen molar-refractivity contribution < 1.29 is 14.2 Å². The molecule has 3 aliphatic heterocycles. The standard InChI is InChI=1S/C22H27N5O3/c28-19-6-2-5-18-14-9-15(21(27(18)19)22(29)23-16-7-8-16)12-26(11-14)10-13-3-1-4-17-20(13)25-30-24-17/h1,3-4,14-16,18,21H,2,5-12H2,(H,23,29)/t14-,15+,18+,21-/m1/s1. The molecule has 1 aliphatic carbocycles. The maximum atomic E-state index is 13.2. The zero-order valence-corrected chi connectivity index (χ0v) is 17.0. The van der Waals surface area contributed by atoms with Crippen LogP contribution in [0.15, 0.2) is 22.8 Å². The molecule has 1 aromatic heterocycles. The Hall–Kier alpha value is -2.48. The van der Waals surface area contributed by atoms with Crippen LogP contribution in [-0.4, -0.2) is 63.1 Å². The number of carbonyl (C=O) groups is 2. The number of nitrogens with one attached hydrogen (secondary N) is 1. The molecule has 4 heterocycles. The Bertz CT molecular complexity index is 986. The molecule has 0 unspecified atom stereocenters. The summed E-state index contributed by atoms with van der Waals surface area (Å²) in [5.74, 6) is 0.831. The summed E-state index contributed by atoms with van der Waals surface area (Å²) in [6.45, 7) is 2.52. The Morgan fingerprint density at radius 2 is 2.03 bits per heavy atom. The number of likely N-dealkylation sites (tertiary alicyclic amines) is 1. The number of amides is 2. The van der Waals surface area contributed by atoms with Crippen LogP contribution >= 0.6 is 0 Å². The number of fused-ring (bicyclic) bond motifs is 5. The molecule has 2 amide bonds. The Balaban J connectivity index is 1.28. The summed E-state index contributed by atoms with van der Waals surface area (Å²) in [4.78, 5) is 30.5. The van der Waals surface area contributed by atoms with E-state index in [0.29, 0.717) is 18.4 Å². The smallest absolute Gasteiger partial charge is 0.243 e. The predicted octanol–water partition coefficient (Wildman–Crippen LogP) is 1.70. The topological polar surface area (TPSA) is 91.6 Å². The third-order valence-electron chi connectivity index (χ3n) is 7.37. The molecule has 4 atom stereocenters. The summed E-state index contributed by atoms with van der Waals surface area (Å²) < 4.78 is 4.93. The van der Waals surface area contributed by atoms with E-state index in [0.717, 1.165) is 68.3 Å². The molecule has 6 rings (SSSR count). The molecule has 30 heavy (non-hydrogen) atoms. The largest absolute Gasteiger partial charge is 0.352 e. The van der Waals surface area contributed by atoms with Crippen molar-refractivity contribution in [1.29, 1.82) is 0 Å². The first-order valence-corrected chi connectivity index (χ1v) is 11.2. The van der Waals surface area contributed by atoms with Gasteiger partial charge in [0.1, 0.15) is 17.1 Å². The molecule has 8 nitrogen and oxygen atoms in total. The van der Waals surface area contributed by atoms with E-state index < -0.39 is 0 Å². The van der Waals surface area contributed by atoms with E-state index in [1.807, 2.05) is 17.0 Å². The average Bonchev–Trinajstić information content (AvgIpc) is 3.41. The van der Waals surface area contributed by atoms with Gasteiger partial charge in [-0.25, -0.2) is 4.63 Å². The lowest BCUT2D eigenvalue weighted by Crippen LogP contribution is -2.68. The Labute approximate surface area is 174 Å². The third kappa shape index (κ3) is 3.09. The number of benzene rings is 1. The predicted molar refractivity (Wildman–Crippen MR) is 108 cm³/mol. The molecule has 4 aliphatic rings. The maximum absolute atomic E-state index is 13.2. The minimum absolute atomic E-state index is 0.0610. The highest BCUT2D eigenvalue weighted by Crippen LogP contribution is 2.42. The zero-order chi connectivity index (χ0) is 20.2. The summed E-state index contributed by atoms with van der Waals surface area (Å²) in [6.07, 6.45) is 5.67. The van der Waals surface area contributed by atoms with Crippen molar-refractivity contribution >= 4 is 22.8 Å². The third-order valence-corrected chi connectivity index (χ3v) is 7.37. The molecule has 158 valence electrons. The van der Waals surface area contributed by atoms with Gasteiger partial charge in [-0.1, -0.05) is 12.1 Å². The molecular weight excluding hydrogens is 382 g/mol. The molecule has 3 saturated heterocycles. The molecule has 2 aromatic rings. The normalized spacial score (nSPS) is 31.6. The Kier molecular flexibility index (Phi) is 4.30. The lowest BCUT2D eigenvalue weighted by Gasteiger charge is -2.56. The van der Waals surface area contributed by atoms with E-state index in [1.54, 1.807) is 0 Å². The molecule has 4 fully saturated rings. The fourth-order valence-electron chi connectivity index (χ4n) is 5.96. The van der Waals surface area contributed by atoms with Gasteiger partial charge in [0, 0.05) is 44.1 Å². The second kappa shape index (κ2) is 7.04. The number of aromatic nitrogens is 2. The van der Waals surface area contributed by atoms with Crippen molar-refractivity contribution in [3.63, 3.8) is 0 Å². The van der Waals surface area contributed by atoms with E-state index in [-0.39, 0.29) is 29.8 Å². The highest BCUT2D eigenvalue weighted by atomic mass is 16.6. The summed E-state index contributed by atoms with van der Waals surface area (Å²) in [6, 6.07) is 6.14. The first-order valence-electron chi connectivity index (χ1n) is 11.2. The fourth-order valence-corrected chi connectivity index (χ4v) is 5.96. The number of hydrogen-bond acceptors (Lipinski definition) is 6. The van der Waals surface area contributed by atoms with Gasteiger partial charge in [0.05, 0.1) is 0 Å². The van der Waals surface area contributed by atoms with Crippen molar-refractivity contribution in [1.82, 2.24) is 25.4 Å². The summed E-state index contributed by atoms with van der Waals surface area (Å²) in [5, 5.41) is 11.2. The van der Waals surface area contributed by atoms with Crippen molar-refractivity contribution in [2.24, 2.45) is 11.8 Å². The quantitative estimate of drug-likeness (QED) is 0.827. The van der Waals surface area contributed by atoms with Crippen LogP contribution in [0.3, 0.4) is 0 Å². The maximum Gasteiger partial charge on any atom is 0.243 e. The van der Waals surface area contributed by atoms with Crippen LogP contribution < -0.4 is 5.32 Å². The van der Waals surface area contributed by atoms with Crippen LogP contribution in [0.5, 0.6) is 0 Å². The molecule has 0 spiro atoms. The first-order chi connectivity index (χ1) is 14.7. The highest BCUT2D eigenvalue weighted by molar-refractivity contribution is 5.89. The van der Waals surface area contributed by atoms with Gasteiger partial charge in [0.2, 0.25) is 11.8 Å². The molecule has 0 radical (unpaired) electrons. The average molecular weight is 409 g/mol. The lowest BCUT2D eigenvalue weighted by molar-refractivity contribution is -0.160. The second-order valence-corrected chi connectivity index (χ2v) is 9.49. The number of rotatable bonds is 4. The van der Waals surface area contributed by atoms with Gasteiger partial charge in [0.25, 0.3) is 0 Å². The van der Waals surface area contributed by atoms with Crippen molar-refractivity contribution in [2.75, 3.05) is 13.1 Å². The fraction of sp³-hybridized carbons (Fsp3) is 0.636. The minimum Gasteiger partial charge on any atom is -0.352 e. The number of nitrogens with zero attached hydrogens (tertiary/aromatic N) is 4. The molecule has 2 bridgehead atoms. The minimum atomic E-state index is -0.327. The van der Waals surface area contributed by atoms with Crippen LogP contribution in [-0.2, 0) is 16.1 Å². The molecular formula is C22H27N5O3. The van der Waals surface area contributed by atoms with Crippen LogP contribution in [0, 0.1) is 11.8 Å². The second-order valence-electron chi connectivity index (χ2n) is 9.49. The van der Waals surface area contributed by atoms with Crippen molar-refractivity contribution in [2.45, 2.75) is 63.2 Å². The molecule has 1 saturated carbocycles. The van der Waals surface area contributed by atoms with Gasteiger partial charge >= 0.3 is 0 Å². The lowest BCUT2D eigenvalue weighted by atomic mass is 9.71. The Morgan fingerprint density at radius 3 is 2.90 bits per heavy atom. The number of carbonyl (C=O) groups excluding carboxylic acids is 2. The van der Waals surface area contributed by atoms with E-state index in [2.05, 4.69) is 26.6 Å². The van der Waals surface area contributed by atoms with E-state index in [1.165, 1.54) is 0 Å². The summed E-state index contributed by atoms with van der Waals surface area (Å²) in [7, 11) is 0. The molecule has 1 N–H and O–H groups in total. The number of piperidine rings is 3. The van der Waals surface area contributed by atoms with Gasteiger partial charge in [-0.15, -0.1) is 0 Å². The SMILES string of the molecule is O=C(NC1CC1)[C@H]1[C@H]2C[C@H](CN(Cc3cccc4nonc34)C2)[C@@H]2CCCC(=O)N21. The van der Waals surface area contributed by atoms with Crippen LogP contribution in [0.1, 0.15) is 44.1 Å². The Morgan fingerprint density at radius 1 is 1.17 bits per heavy atom. The van der Waals surface area contributed by atoms with Crippen LogP contribution in [0.2, 0.25) is 0 Å². The van der Waals surface area contributed by atoms with Crippen molar-refractivity contribution in [3.8, 4) is 0 Å². The van der Waals surface area contributed by atoms with Crippen molar-refractivity contribution in [3.05, 3.63) is 23.8 Å². The van der Waals surface area contributed by atoms with Gasteiger partial charge < -0.3 is 10.2 Å². The van der Waals surface area contributed by atoms with E-state index in [4.69, 9.17) is 4.63 Å². The molecule has 1 aromatic carbocycles. The first kappa shape index (κ1) is 18.3. The summed E-state index contributed by atoms with van der Waals surface area (Å²) in [5.41, 5.74) is 2.69. The zero-order valence-electron chi connectivity index (χ0n) is 17.0. The van der Waals surface area contributed by atoms with Gasteiger partial charge in [-0.2, -0.15) is 0 Å². The van der Waals surface area contributed by atoms with Crippen LogP contribution in [0.4, 0.5) is 0 Å². The van der Waals surface area contributed by atoms with E-state index >= 15 is 0 Å². The molecule has 8 heteroatoms. The summed E-state index contributed by atoms with van der Waals surface area (Å²) >= 11 is 0.